The van der Waals surface area contributed by atoms with E-state index in [2.05, 4.69) is 25.6 Å². The van der Waals surface area contributed by atoms with Crippen LogP contribution in [-0.2, 0) is 9.53 Å². The molecule has 0 N–H and O–H groups in total. The van der Waals surface area contributed by atoms with Gasteiger partial charge in [0.05, 0.1) is 0 Å². The number of hydrogen-bond acceptors (Lipinski definition) is 3. The van der Waals surface area contributed by atoms with Crippen molar-refractivity contribution in [2.24, 2.45) is 17.8 Å². The molecule has 0 radical (unpaired) electrons. The number of hydrogen-bond donors (Lipinski definition) is 1. The molecule has 3 heteroatoms. The van der Waals surface area contributed by atoms with E-state index in [1.165, 1.54) is 12.8 Å². The Balaban J connectivity index is 1.73. The second-order valence-corrected chi connectivity index (χ2v) is 7.38. The molecule has 3 rings (SSSR count). The van der Waals surface area contributed by atoms with Crippen molar-refractivity contribution < 1.29 is 9.53 Å². The number of rotatable bonds is 1. The van der Waals surface area contributed by atoms with Crippen molar-refractivity contribution in [1.82, 2.24) is 0 Å². The van der Waals surface area contributed by atoms with Gasteiger partial charge in [-0.2, -0.15) is 12.6 Å². The second-order valence-electron chi connectivity index (χ2n) is 6.65. The maximum absolute atomic E-state index is 12.2. The Morgan fingerprint density at radius 3 is 2.63 bits per heavy atom. The molecule has 2 saturated carbocycles. The highest BCUT2D eigenvalue weighted by molar-refractivity contribution is 7.80. The van der Waals surface area contributed by atoms with Crippen molar-refractivity contribution in [2.45, 2.75) is 63.2 Å². The second kappa shape index (κ2) is 5.51. The third-order valence-corrected chi connectivity index (χ3v) is 5.65. The van der Waals surface area contributed by atoms with Gasteiger partial charge >= 0.3 is 5.97 Å². The molecule has 106 valence electrons. The van der Waals surface area contributed by atoms with Crippen LogP contribution in [0.3, 0.4) is 0 Å². The first kappa shape index (κ1) is 13.5. The van der Waals surface area contributed by atoms with E-state index in [1.807, 2.05) is 0 Å². The maximum Gasteiger partial charge on any atom is 0.334 e. The first-order valence-electron chi connectivity index (χ1n) is 7.74. The van der Waals surface area contributed by atoms with Gasteiger partial charge in [-0.1, -0.05) is 13.0 Å². The van der Waals surface area contributed by atoms with Crippen LogP contribution in [0.2, 0.25) is 0 Å². The quantitative estimate of drug-likeness (QED) is 0.584. The molecule has 0 saturated heterocycles. The van der Waals surface area contributed by atoms with Gasteiger partial charge in [-0.15, -0.1) is 0 Å². The van der Waals surface area contributed by atoms with Gasteiger partial charge in [0, 0.05) is 16.7 Å². The summed E-state index contributed by atoms with van der Waals surface area (Å²) in [6.45, 7) is 2.26. The molecule has 3 unspecified atom stereocenters. The van der Waals surface area contributed by atoms with E-state index in [9.17, 15) is 4.79 Å². The van der Waals surface area contributed by atoms with Gasteiger partial charge in [-0.25, -0.2) is 4.79 Å². The minimum Gasteiger partial charge on any atom is -0.458 e. The molecule has 0 bridgehead atoms. The summed E-state index contributed by atoms with van der Waals surface area (Å²) in [7, 11) is 0. The highest BCUT2D eigenvalue weighted by Crippen LogP contribution is 2.40. The summed E-state index contributed by atoms with van der Waals surface area (Å²) in [6.07, 6.45) is 10.4. The predicted molar refractivity (Wildman–Crippen MR) is 79.2 cm³/mol. The number of carbonyl (C=O) groups is 1. The first-order valence-corrected chi connectivity index (χ1v) is 8.26. The van der Waals surface area contributed by atoms with E-state index in [1.54, 1.807) is 0 Å². The molecule has 0 amide bonds. The lowest BCUT2D eigenvalue weighted by molar-refractivity contribution is -0.151. The van der Waals surface area contributed by atoms with Crippen molar-refractivity contribution in [2.75, 3.05) is 0 Å². The minimum atomic E-state index is -0.0297. The zero-order chi connectivity index (χ0) is 13.4. The average molecular weight is 280 g/mol. The summed E-state index contributed by atoms with van der Waals surface area (Å²) in [6, 6.07) is 0. The lowest BCUT2D eigenvalue weighted by Crippen LogP contribution is -2.38. The summed E-state index contributed by atoms with van der Waals surface area (Å²) < 4.78 is 5.73. The summed E-state index contributed by atoms with van der Waals surface area (Å²) in [5.41, 5.74) is 0.982. The molecule has 19 heavy (non-hydrogen) atoms. The Morgan fingerprint density at radius 1 is 1.16 bits per heavy atom. The molecule has 0 spiro atoms. The highest BCUT2D eigenvalue weighted by atomic mass is 32.1. The van der Waals surface area contributed by atoms with Gasteiger partial charge in [-0.05, 0) is 56.8 Å². The Kier molecular flexibility index (Phi) is 3.93. The summed E-state index contributed by atoms with van der Waals surface area (Å²) in [4.78, 5) is 12.2. The molecular weight excluding hydrogens is 256 g/mol. The van der Waals surface area contributed by atoms with Crippen LogP contribution in [0.5, 0.6) is 0 Å². The fourth-order valence-corrected chi connectivity index (χ4v) is 4.17. The van der Waals surface area contributed by atoms with Gasteiger partial charge < -0.3 is 4.74 Å². The van der Waals surface area contributed by atoms with Gasteiger partial charge in [-0.3, -0.25) is 0 Å². The van der Waals surface area contributed by atoms with Crippen LogP contribution >= 0.6 is 12.6 Å². The lowest BCUT2D eigenvalue weighted by Gasteiger charge is -2.38. The summed E-state index contributed by atoms with van der Waals surface area (Å²) in [5.74, 6) is 1.58. The Labute approximate surface area is 121 Å². The third-order valence-electron chi connectivity index (χ3n) is 5.13. The number of esters is 1. The monoisotopic (exact) mass is 280 g/mol. The highest BCUT2D eigenvalue weighted by Gasteiger charge is 2.38. The average Bonchev–Trinajstić information content (AvgIpc) is 2.39. The van der Waals surface area contributed by atoms with Gasteiger partial charge in [0.1, 0.15) is 6.10 Å². The molecule has 0 aromatic rings. The van der Waals surface area contributed by atoms with Crippen LogP contribution in [-0.4, -0.2) is 17.3 Å². The van der Waals surface area contributed by atoms with Crippen molar-refractivity contribution in [3.05, 3.63) is 11.6 Å². The van der Waals surface area contributed by atoms with Gasteiger partial charge in [0.2, 0.25) is 0 Å². The third kappa shape index (κ3) is 2.86. The van der Waals surface area contributed by atoms with Crippen molar-refractivity contribution in [1.29, 1.82) is 0 Å². The van der Waals surface area contributed by atoms with Crippen molar-refractivity contribution in [3.63, 3.8) is 0 Å². The smallest absolute Gasteiger partial charge is 0.334 e. The first-order chi connectivity index (χ1) is 9.13. The summed E-state index contributed by atoms with van der Waals surface area (Å²) in [5, 5.41) is 0.528. The van der Waals surface area contributed by atoms with Crippen LogP contribution in [0.25, 0.3) is 0 Å². The van der Waals surface area contributed by atoms with Crippen molar-refractivity contribution in [3.8, 4) is 0 Å². The number of thiol groups is 1. The molecule has 2 aliphatic carbocycles. The molecule has 2 fully saturated rings. The number of ether oxygens (including phenoxy) is 1. The van der Waals surface area contributed by atoms with Gasteiger partial charge in [0.25, 0.3) is 0 Å². The van der Waals surface area contributed by atoms with E-state index in [0.717, 1.165) is 37.7 Å². The molecule has 0 aromatic carbocycles. The predicted octanol–water partition coefficient (Wildman–Crippen LogP) is 3.76. The Hall–Kier alpha value is -0.440. The number of carbonyl (C=O) groups excluding carboxylic acids is 1. The molecule has 3 aliphatic rings. The van der Waals surface area contributed by atoms with E-state index in [4.69, 9.17) is 4.74 Å². The normalized spacial score (nSPS) is 43.2. The molecule has 2 nitrogen and oxygen atoms in total. The fourth-order valence-electron chi connectivity index (χ4n) is 3.87. The van der Waals surface area contributed by atoms with E-state index in [0.29, 0.717) is 23.0 Å². The SMILES string of the molecule is CC1CCC2C=C(C3CCC(S)CC3)C(=O)OC2C1. The molecule has 3 atom stereocenters. The zero-order valence-electron chi connectivity index (χ0n) is 11.7. The molecular formula is C16H24O2S. The minimum absolute atomic E-state index is 0.0297. The maximum atomic E-state index is 12.2. The largest absolute Gasteiger partial charge is 0.458 e. The van der Waals surface area contributed by atoms with Crippen molar-refractivity contribution >= 4 is 18.6 Å². The Morgan fingerprint density at radius 2 is 1.89 bits per heavy atom. The molecule has 1 heterocycles. The van der Waals surface area contributed by atoms with Crippen LogP contribution in [0, 0.1) is 17.8 Å². The molecule has 1 aliphatic heterocycles. The summed E-state index contributed by atoms with van der Waals surface area (Å²) >= 11 is 4.54. The van der Waals surface area contributed by atoms with E-state index < -0.39 is 0 Å². The van der Waals surface area contributed by atoms with E-state index in [-0.39, 0.29) is 12.1 Å². The van der Waals surface area contributed by atoms with Crippen LogP contribution in [0.1, 0.15) is 51.9 Å². The number of fused-ring (bicyclic) bond motifs is 1. The van der Waals surface area contributed by atoms with Crippen LogP contribution in [0.4, 0.5) is 0 Å². The fraction of sp³-hybridized carbons (Fsp3) is 0.812. The Bertz CT molecular complexity index is 379. The molecule has 0 aromatic heterocycles. The topological polar surface area (TPSA) is 26.3 Å². The van der Waals surface area contributed by atoms with Gasteiger partial charge in [0.15, 0.2) is 0 Å². The zero-order valence-corrected chi connectivity index (χ0v) is 12.6. The standard InChI is InChI=1S/C16H24O2S/c1-10-2-3-12-9-14(16(17)18-15(12)8-10)11-4-6-13(19)7-5-11/h9-13,15,19H,2-8H2,1H3. The van der Waals surface area contributed by atoms with Crippen LogP contribution < -0.4 is 0 Å². The van der Waals surface area contributed by atoms with Crippen LogP contribution in [0.15, 0.2) is 11.6 Å². The lowest BCUT2D eigenvalue weighted by atomic mass is 9.75. The van der Waals surface area contributed by atoms with E-state index >= 15 is 0 Å².